The van der Waals surface area contributed by atoms with Gasteiger partial charge in [-0.15, -0.1) is 0 Å². The Bertz CT molecular complexity index is 393. The molecule has 22 heavy (non-hydrogen) atoms. The number of nitrogens with zero attached hydrogens (tertiary/aromatic N) is 2. The average molecular weight is 309 g/mol. The van der Waals surface area contributed by atoms with Gasteiger partial charge in [-0.25, -0.2) is 0 Å². The number of rotatable bonds is 7. The van der Waals surface area contributed by atoms with Crippen LogP contribution in [0.5, 0.6) is 0 Å². The van der Waals surface area contributed by atoms with Gasteiger partial charge in [0, 0.05) is 38.1 Å². The lowest BCUT2D eigenvalue weighted by Crippen LogP contribution is -2.46. The quantitative estimate of drug-likeness (QED) is 0.777. The van der Waals surface area contributed by atoms with E-state index in [9.17, 15) is 9.59 Å². The molecule has 2 aliphatic heterocycles. The first-order valence-electron chi connectivity index (χ1n) is 8.89. The summed E-state index contributed by atoms with van der Waals surface area (Å²) in [6.07, 6.45) is 4.48. The predicted molar refractivity (Wildman–Crippen MR) is 87.5 cm³/mol. The first-order chi connectivity index (χ1) is 10.6. The van der Waals surface area contributed by atoms with Crippen molar-refractivity contribution < 1.29 is 9.59 Å². The number of amides is 2. The van der Waals surface area contributed by atoms with Gasteiger partial charge in [0.2, 0.25) is 11.8 Å². The van der Waals surface area contributed by atoms with Gasteiger partial charge >= 0.3 is 0 Å². The minimum atomic E-state index is -0.140. The van der Waals surface area contributed by atoms with Crippen molar-refractivity contribution in [3.63, 3.8) is 0 Å². The molecule has 5 heteroatoms. The van der Waals surface area contributed by atoms with Crippen LogP contribution in [0.4, 0.5) is 0 Å². The highest BCUT2D eigenvalue weighted by atomic mass is 16.2. The molecular formula is C17H31N3O2. The molecule has 0 saturated carbocycles. The Balaban J connectivity index is 2.00. The van der Waals surface area contributed by atoms with E-state index in [0.717, 1.165) is 45.3 Å². The third-order valence-electron chi connectivity index (χ3n) is 4.97. The molecular weight excluding hydrogens is 278 g/mol. The predicted octanol–water partition coefficient (Wildman–Crippen LogP) is 1.62. The molecule has 126 valence electrons. The molecule has 2 heterocycles. The summed E-state index contributed by atoms with van der Waals surface area (Å²) >= 11 is 0. The highest BCUT2D eigenvalue weighted by Crippen LogP contribution is 2.25. The van der Waals surface area contributed by atoms with Crippen molar-refractivity contribution in [2.75, 3.05) is 26.2 Å². The van der Waals surface area contributed by atoms with Crippen molar-refractivity contribution in [1.82, 2.24) is 15.1 Å². The largest absolute Gasteiger partial charge is 0.339 e. The van der Waals surface area contributed by atoms with E-state index in [-0.39, 0.29) is 23.8 Å². The van der Waals surface area contributed by atoms with Gasteiger partial charge in [-0.3, -0.25) is 9.59 Å². The topological polar surface area (TPSA) is 52.7 Å². The third-order valence-corrected chi connectivity index (χ3v) is 4.97. The number of hydrogen-bond acceptors (Lipinski definition) is 3. The molecule has 0 aliphatic carbocycles. The average Bonchev–Trinajstić information content (AvgIpc) is 3.13. The van der Waals surface area contributed by atoms with Gasteiger partial charge in [0.05, 0.1) is 5.92 Å². The monoisotopic (exact) mass is 309 g/mol. The van der Waals surface area contributed by atoms with Gasteiger partial charge in [0.15, 0.2) is 0 Å². The molecule has 0 spiro atoms. The summed E-state index contributed by atoms with van der Waals surface area (Å²) in [6, 6.07) is 0.563. The summed E-state index contributed by atoms with van der Waals surface area (Å²) < 4.78 is 0. The zero-order valence-electron chi connectivity index (χ0n) is 14.3. The molecule has 0 bridgehead atoms. The van der Waals surface area contributed by atoms with Crippen LogP contribution in [0.1, 0.15) is 52.9 Å². The minimum Gasteiger partial charge on any atom is -0.339 e. The van der Waals surface area contributed by atoms with Gasteiger partial charge < -0.3 is 15.1 Å². The molecule has 2 rings (SSSR count). The van der Waals surface area contributed by atoms with Crippen LogP contribution in [0.2, 0.25) is 0 Å². The molecule has 2 fully saturated rings. The second-order valence-electron chi connectivity index (χ2n) is 6.76. The number of nitrogens with one attached hydrogen (secondary N) is 1. The van der Waals surface area contributed by atoms with Crippen LogP contribution in [-0.2, 0) is 9.59 Å². The molecule has 3 unspecified atom stereocenters. The van der Waals surface area contributed by atoms with Crippen LogP contribution in [0.3, 0.4) is 0 Å². The number of hydrogen-bond donors (Lipinski definition) is 1. The van der Waals surface area contributed by atoms with E-state index < -0.39 is 0 Å². The maximum Gasteiger partial charge on any atom is 0.228 e. The van der Waals surface area contributed by atoms with E-state index in [0.29, 0.717) is 19.0 Å². The van der Waals surface area contributed by atoms with Crippen molar-refractivity contribution in [2.24, 2.45) is 5.92 Å². The molecule has 2 aliphatic rings. The molecule has 0 aromatic heterocycles. The Labute approximate surface area is 134 Å². The van der Waals surface area contributed by atoms with Crippen molar-refractivity contribution in [2.45, 2.75) is 65.0 Å². The van der Waals surface area contributed by atoms with E-state index in [1.54, 1.807) is 0 Å². The zero-order valence-corrected chi connectivity index (χ0v) is 14.3. The molecule has 2 amide bonds. The van der Waals surface area contributed by atoms with Crippen molar-refractivity contribution in [3.8, 4) is 0 Å². The first-order valence-corrected chi connectivity index (χ1v) is 8.89. The lowest BCUT2D eigenvalue weighted by molar-refractivity contribution is -0.137. The van der Waals surface area contributed by atoms with Gasteiger partial charge in [0.1, 0.15) is 0 Å². The van der Waals surface area contributed by atoms with E-state index in [2.05, 4.69) is 26.1 Å². The summed E-state index contributed by atoms with van der Waals surface area (Å²) in [4.78, 5) is 29.1. The van der Waals surface area contributed by atoms with Crippen LogP contribution < -0.4 is 5.32 Å². The summed E-state index contributed by atoms with van der Waals surface area (Å²) in [5.74, 6) is 0.203. The normalized spacial score (nSPS) is 26.5. The van der Waals surface area contributed by atoms with Gasteiger partial charge in [-0.1, -0.05) is 20.3 Å². The molecule has 0 radical (unpaired) electrons. The fraction of sp³-hybridized carbons (Fsp3) is 0.882. The lowest BCUT2D eigenvalue weighted by Gasteiger charge is -2.31. The van der Waals surface area contributed by atoms with Crippen LogP contribution in [-0.4, -0.2) is 59.9 Å². The summed E-state index contributed by atoms with van der Waals surface area (Å²) in [6.45, 7) is 9.64. The molecule has 0 aromatic carbocycles. The Morgan fingerprint density at radius 2 is 2.18 bits per heavy atom. The molecule has 3 atom stereocenters. The van der Waals surface area contributed by atoms with E-state index in [1.807, 2.05) is 9.80 Å². The fourth-order valence-electron chi connectivity index (χ4n) is 3.75. The lowest BCUT2D eigenvalue weighted by atomic mass is 10.0. The van der Waals surface area contributed by atoms with Gasteiger partial charge in [-0.2, -0.15) is 0 Å². The maximum atomic E-state index is 12.9. The summed E-state index contributed by atoms with van der Waals surface area (Å²) in [5.41, 5.74) is 0. The Morgan fingerprint density at radius 1 is 1.41 bits per heavy atom. The molecule has 2 saturated heterocycles. The number of carbonyl (C=O) groups is 2. The maximum absolute atomic E-state index is 12.9. The molecule has 5 nitrogen and oxygen atoms in total. The minimum absolute atomic E-state index is 0.140. The first kappa shape index (κ1) is 17.3. The number of carbonyl (C=O) groups excluding carboxylic acids is 2. The van der Waals surface area contributed by atoms with Crippen LogP contribution >= 0.6 is 0 Å². The van der Waals surface area contributed by atoms with E-state index in [1.165, 1.54) is 0 Å². The van der Waals surface area contributed by atoms with E-state index >= 15 is 0 Å². The van der Waals surface area contributed by atoms with Crippen LogP contribution in [0.25, 0.3) is 0 Å². The summed E-state index contributed by atoms with van der Waals surface area (Å²) in [5, 5.41) is 3.34. The SMILES string of the molecule is CCCC(C)N1CC(C(=O)N(CCC)C2CCNC2)CC1=O. The highest BCUT2D eigenvalue weighted by Gasteiger charge is 2.39. The zero-order chi connectivity index (χ0) is 16.1. The van der Waals surface area contributed by atoms with E-state index in [4.69, 9.17) is 0 Å². The standard InChI is InChI=1S/C17H31N3O2/c1-4-6-13(3)20-12-14(10-16(20)21)17(22)19(9-5-2)15-7-8-18-11-15/h13-15,18H,4-12H2,1-3H3. The Morgan fingerprint density at radius 3 is 2.77 bits per heavy atom. The van der Waals surface area contributed by atoms with Crippen molar-refractivity contribution in [1.29, 1.82) is 0 Å². The van der Waals surface area contributed by atoms with Crippen molar-refractivity contribution in [3.05, 3.63) is 0 Å². The Kier molecular flexibility index (Phi) is 6.24. The number of likely N-dealkylation sites (tertiary alicyclic amines) is 1. The fourth-order valence-corrected chi connectivity index (χ4v) is 3.75. The highest BCUT2D eigenvalue weighted by molar-refractivity contribution is 5.89. The van der Waals surface area contributed by atoms with Crippen LogP contribution in [0, 0.1) is 5.92 Å². The smallest absolute Gasteiger partial charge is 0.228 e. The second-order valence-corrected chi connectivity index (χ2v) is 6.76. The van der Waals surface area contributed by atoms with Crippen molar-refractivity contribution >= 4 is 11.8 Å². The second kappa shape index (κ2) is 7.95. The van der Waals surface area contributed by atoms with Gasteiger partial charge in [-0.05, 0) is 32.7 Å². The molecule has 1 N–H and O–H groups in total. The van der Waals surface area contributed by atoms with Crippen LogP contribution in [0.15, 0.2) is 0 Å². The molecule has 0 aromatic rings. The summed E-state index contributed by atoms with van der Waals surface area (Å²) in [7, 11) is 0. The third kappa shape index (κ3) is 3.80. The Hall–Kier alpha value is -1.10. The van der Waals surface area contributed by atoms with Gasteiger partial charge in [0.25, 0.3) is 0 Å².